The molecule has 2 rings (SSSR count). The van der Waals surface area contributed by atoms with Crippen molar-refractivity contribution in [3.05, 3.63) is 23.0 Å². The van der Waals surface area contributed by atoms with Crippen LogP contribution in [-0.2, 0) is 18.3 Å². The van der Waals surface area contributed by atoms with Crippen molar-refractivity contribution in [1.82, 2.24) is 14.4 Å². The first kappa shape index (κ1) is 17.8. The SMILES string of the molecule is CC1CN(CC(O)CN(C)Cc2cc(Cl)cn2C)CC(C)O1. The Kier molecular flexibility index (Phi) is 6.29. The number of halogens is 1. The van der Waals surface area contributed by atoms with Crippen molar-refractivity contribution in [2.45, 2.75) is 38.7 Å². The van der Waals surface area contributed by atoms with Gasteiger partial charge in [-0.25, -0.2) is 0 Å². The molecule has 0 radical (unpaired) electrons. The van der Waals surface area contributed by atoms with Crippen LogP contribution in [0.2, 0.25) is 5.02 Å². The number of hydrogen-bond acceptors (Lipinski definition) is 4. The summed E-state index contributed by atoms with van der Waals surface area (Å²) >= 11 is 6.00. The maximum Gasteiger partial charge on any atom is 0.0793 e. The number of likely N-dealkylation sites (N-methyl/N-ethyl adjacent to an activating group) is 1. The molecule has 0 amide bonds. The highest BCUT2D eigenvalue weighted by atomic mass is 35.5. The van der Waals surface area contributed by atoms with E-state index in [0.717, 1.165) is 30.4 Å². The van der Waals surface area contributed by atoms with E-state index >= 15 is 0 Å². The number of ether oxygens (including phenoxy) is 1. The van der Waals surface area contributed by atoms with Gasteiger partial charge in [-0.2, -0.15) is 0 Å². The van der Waals surface area contributed by atoms with Crippen LogP contribution in [0.5, 0.6) is 0 Å². The lowest BCUT2D eigenvalue weighted by Crippen LogP contribution is -2.49. The maximum absolute atomic E-state index is 10.3. The first-order valence-corrected chi connectivity index (χ1v) is 8.26. The summed E-state index contributed by atoms with van der Waals surface area (Å²) in [5.41, 5.74) is 1.15. The number of aromatic nitrogens is 1. The predicted octanol–water partition coefficient (Wildman–Crippen LogP) is 1.58. The first-order chi connectivity index (χ1) is 10.3. The fourth-order valence-corrected chi connectivity index (χ4v) is 3.49. The molecule has 0 spiro atoms. The normalized spacial score (nSPS) is 24.9. The smallest absolute Gasteiger partial charge is 0.0793 e. The fourth-order valence-electron chi connectivity index (χ4n) is 3.21. The van der Waals surface area contributed by atoms with Gasteiger partial charge in [0, 0.05) is 51.7 Å². The highest BCUT2D eigenvalue weighted by Gasteiger charge is 2.24. The molecule has 6 heteroatoms. The minimum Gasteiger partial charge on any atom is -0.390 e. The van der Waals surface area contributed by atoms with Crippen LogP contribution in [-0.4, -0.2) is 71.0 Å². The maximum atomic E-state index is 10.3. The summed E-state index contributed by atoms with van der Waals surface area (Å²) in [5, 5.41) is 11.1. The monoisotopic (exact) mass is 329 g/mol. The second kappa shape index (κ2) is 7.79. The second-order valence-corrected chi connectivity index (χ2v) is 7.02. The Morgan fingerprint density at radius 1 is 1.41 bits per heavy atom. The number of nitrogens with zero attached hydrogens (tertiary/aromatic N) is 3. The topological polar surface area (TPSA) is 40.9 Å². The van der Waals surface area contributed by atoms with Gasteiger partial charge in [0.05, 0.1) is 23.3 Å². The van der Waals surface area contributed by atoms with Gasteiger partial charge in [-0.15, -0.1) is 0 Å². The highest BCUT2D eigenvalue weighted by molar-refractivity contribution is 6.30. The molecule has 0 saturated carbocycles. The van der Waals surface area contributed by atoms with E-state index in [1.54, 1.807) is 0 Å². The Balaban J connectivity index is 1.78. The largest absolute Gasteiger partial charge is 0.390 e. The molecule has 1 aromatic heterocycles. The van der Waals surface area contributed by atoms with E-state index in [2.05, 4.69) is 23.6 Å². The molecular weight excluding hydrogens is 302 g/mol. The first-order valence-electron chi connectivity index (χ1n) is 7.88. The van der Waals surface area contributed by atoms with Gasteiger partial charge in [0.1, 0.15) is 0 Å². The van der Waals surface area contributed by atoms with Gasteiger partial charge in [-0.1, -0.05) is 11.6 Å². The Hall–Kier alpha value is -0.590. The second-order valence-electron chi connectivity index (χ2n) is 6.59. The van der Waals surface area contributed by atoms with Crippen LogP contribution in [0, 0.1) is 0 Å². The number of aryl methyl sites for hydroxylation is 1. The predicted molar refractivity (Wildman–Crippen MR) is 89.2 cm³/mol. The summed E-state index contributed by atoms with van der Waals surface area (Å²) in [6.45, 7) is 8.05. The molecule has 22 heavy (non-hydrogen) atoms. The Morgan fingerprint density at radius 3 is 2.59 bits per heavy atom. The van der Waals surface area contributed by atoms with E-state index in [4.69, 9.17) is 16.3 Å². The van der Waals surface area contributed by atoms with Crippen LogP contribution >= 0.6 is 11.6 Å². The molecule has 0 aliphatic carbocycles. The number of aliphatic hydroxyl groups excluding tert-OH is 1. The quantitative estimate of drug-likeness (QED) is 0.860. The zero-order chi connectivity index (χ0) is 16.3. The standard InChI is InChI=1S/C16H28ClN3O2/c1-12-6-20(7-13(2)22-12)11-16(21)10-18(3)9-15-5-14(17)8-19(15)4/h5,8,12-13,16,21H,6-7,9-11H2,1-4H3. The van der Waals surface area contributed by atoms with Gasteiger partial charge in [-0.3, -0.25) is 9.80 Å². The van der Waals surface area contributed by atoms with E-state index in [1.807, 2.05) is 30.9 Å². The van der Waals surface area contributed by atoms with E-state index in [-0.39, 0.29) is 18.3 Å². The number of β-amino-alcohol motifs (C(OH)–C–C–N with tert-alkyl or cyclic N) is 1. The van der Waals surface area contributed by atoms with Crippen molar-refractivity contribution in [2.24, 2.45) is 7.05 Å². The van der Waals surface area contributed by atoms with E-state index in [9.17, 15) is 5.11 Å². The lowest BCUT2D eigenvalue weighted by atomic mass is 10.2. The zero-order valence-corrected chi connectivity index (χ0v) is 14.8. The molecule has 3 atom stereocenters. The number of morpholine rings is 1. The molecule has 1 aromatic rings. The molecule has 1 aliphatic heterocycles. The Morgan fingerprint density at radius 2 is 2.05 bits per heavy atom. The summed E-state index contributed by atoms with van der Waals surface area (Å²) in [5.74, 6) is 0. The summed E-state index contributed by atoms with van der Waals surface area (Å²) in [6, 6.07) is 1.97. The third kappa shape index (κ3) is 5.25. The molecule has 0 bridgehead atoms. The van der Waals surface area contributed by atoms with Gasteiger partial charge < -0.3 is 14.4 Å². The summed E-state index contributed by atoms with van der Waals surface area (Å²) in [4.78, 5) is 4.42. The number of aliphatic hydroxyl groups is 1. The minimum atomic E-state index is -0.363. The third-order valence-corrected chi connectivity index (χ3v) is 4.20. The number of rotatable bonds is 6. The van der Waals surface area contributed by atoms with Gasteiger partial charge >= 0.3 is 0 Å². The molecule has 1 N–H and O–H groups in total. The van der Waals surface area contributed by atoms with E-state index < -0.39 is 0 Å². The van der Waals surface area contributed by atoms with Crippen LogP contribution in [0.1, 0.15) is 19.5 Å². The van der Waals surface area contributed by atoms with Crippen LogP contribution in [0.3, 0.4) is 0 Å². The molecule has 2 heterocycles. The van der Waals surface area contributed by atoms with Crippen LogP contribution < -0.4 is 0 Å². The van der Waals surface area contributed by atoms with Crippen molar-refractivity contribution in [3.8, 4) is 0 Å². The van der Waals surface area contributed by atoms with Crippen molar-refractivity contribution in [2.75, 3.05) is 33.2 Å². The van der Waals surface area contributed by atoms with Crippen molar-refractivity contribution < 1.29 is 9.84 Å². The average molecular weight is 330 g/mol. The molecule has 5 nitrogen and oxygen atoms in total. The highest BCUT2D eigenvalue weighted by Crippen LogP contribution is 2.15. The molecule has 3 unspecified atom stereocenters. The van der Waals surface area contributed by atoms with Gasteiger partial charge in [0.15, 0.2) is 0 Å². The summed E-state index contributed by atoms with van der Waals surface area (Å²) < 4.78 is 7.75. The van der Waals surface area contributed by atoms with Crippen molar-refractivity contribution in [3.63, 3.8) is 0 Å². The Bertz CT molecular complexity index is 470. The summed E-state index contributed by atoms with van der Waals surface area (Å²) in [6.07, 6.45) is 2.01. The Labute approximate surface area is 138 Å². The molecule has 0 aromatic carbocycles. The third-order valence-electron chi connectivity index (χ3n) is 3.99. The van der Waals surface area contributed by atoms with Crippen molar-refractivity contribution in [1.29, 1.82) is 0 Å². The summed E-state index contributed by atoms with van der Waals surface area (Å²) in [7, 11) is 4.01. The molecule has 1 fully saturated rings. The van der Waals surface area contributed by atoms with Gasteiger partial charge in [0.2, 0.25) is 0 Å². The molecule has 1 aliphatic rings. The average Bonchev–Trinajstić information content (AvgIpc) is 2.65. The number of hydrogen-bond donors (Lipinski definition) is 1. The van der Waals surface area contributed by atoms with E-state index in [0.29, 0.717) is 13.1 Å². The lowest BCUT2D eigenvalue weighted by molar-refractivity contribution is -0.0777. The van der Waals surface area contributed by atoms with Gasteiger partial charge in [-0.05, 0) is 27.0 Å². The van der Waals surface area contributed by atoms with E-state index in [1.165, 1.54) is 0 Å². The van der Waals surface area contributed by atoms with Crippen LogP contribution in [0.4, 0.5) is 0 Å². The van der Waals surface area contributed by atoms with Crippen LogP contribution in [0.15, 0.2) is 12.3 Å². The molecule has 126 valence electrons. The van der Waals surface area contributed by atoms with Crippen LogP contribution in [0.25, 0.3) is 0 Å². The lowest BCUT2D eigenvalue weighted by Gasteiger charge is -2.36. The fraction of sp³-hybridized carbons (Fsp3) is 0.750. The molecule has 1 saturated heterocycles. The van der Waals surface area contributed by atoms with Gasteiger partial charge in [0.25, 0.3) is 0 Å². The van der Waals surface area contributed by atoms with Crippen molar-refractivity contribution >= 4 is 11.6 Å². The molecular formula is C16H28ClN3O2. The zero-order valence-electron chi connectivity index (χ0n) is 14.0. The minimum absolute atomic E-state index is 0.235.